The van der Waals surface area contributed by atoms with Crippen molar-refractivity contribution >= 4 is 41.6 Å². The van der Waals surface area contributed by atoms with Crippen molar-refractivity contribution in [2.45, 2.75) is 57.5 Å². The number of para-hydroxylation sites is 1. The van der Waals surface area contributed by atoms with Crippen molar-refractivity contribution in [2.24, 2.45) is 4.99 Å². The van der Waals surface area contributed by atoms with Gasteiger partial charge in [0, 0.05) is 103 Å². The second-order valence-corrected chi connectivity index (χ2v) is 13.1. The maximum absolute atomic E-state index is 13.7. The van der Waals surface area contributed by atoms with Crippen molar-refractivity contribution in [1.29, 1.82) is 0 Å². The van der Waals surface area contributed by atoms with Crippen LogP contribution in [0.25, 0.3) is 0 Å². The second kappa shape index (κ2) is 18.7. The number of hydrogen-bond donors (Lipinski definition) is 0. The van der Waals surface area contributed by atoms with Gasteiger partial charge in [0.05, 0.1) is 37.6 Å². The van der Waals surface area contributed by atoms with Gasteiger partial charge in [-0.1, -0.05) is 36.8 Å². The Balaban J connectivity index is 0.000000650. The first-order valence-electron chi connectivity index (χ1n) is 17.6. The monoisotopic (exact) mass is 971 g/mol. The third-order valence-electron chi connectivity index (χ3n) is 9.84. The molecular formula is C42H40N3O7WY-3. The van der Waals surface area contributed by atoms with Crippen LogP contribution in [0.4, 0.5) is 17.1 Å². The molecule has 0 aromatic heterocycles. The van der Waals surface area contributed by atoms with Crippen LogP contribution in [-0.4, -0.2) is 63.5 Å². The van der Waals surface area contributed by atoms with Gasteiger partial charge in [-0.2, -0.15) is 24.6 Å². The zero-order valence-electron chi connectivity index (χ0n) is 30.3. The molecule has 12 heteroatoms. The number of anilines is 2. The van der Waals surface area contributed by atoms with E-state index in [2.05, 4.69) is 23.8 Å². The van der Waals surface area contributed by atoms with Crippen LogP contribution in [0.2, 0.25) is 0 Å². The molecule has 277 valence electrons. The van der Waals surface area contributed by atoms with E-state index in [4.69, 9.17) is 19.2 Å². The number of nitrogens with zero attached hydrogens (tertiary/aromatic N) is 3. The quantitative estimate of drug-likeness (QED) is 0.128. The molecule has 0 unspecified atom stereocenters. The van der Waals surface area contributed by atoms with Gasteiger partial charge >= 0.3 is 0 Å². The van der Waals surface area contributed by atoms with E-state index in [1.54, 1.807) is 19.2 Å². The molecule has 4 heterocycles. The molecule has 0 aliphatic carbocycles. The topological polar surface area (TPSA) is 107 Å². The van der Waals surface area contributed by atoms with Gasteiger partial charge < -0.3 is 35.6 Å². The minimum atomic E-state index is -0.119. The summed E-state index contributed by atoms with van der Waals surface area (Å²) in [6, 6.07) is 24.6. The maximum atomic E-state index is 13.7. The third kappa shape index (κ3) is 8.36. The number of hydrogen-bond acceptors (Lipinski definition) is 8. The molecule has 0 N–H and O–H groups in total. The SMILES string of the molecule is COc1cc2c(cc1OCCCOc1cc3c(cc1C)C(=O)N1c4cc[c-]cc4C[C@H]1CC3)N=C[C@@H]1Cc3ccccc3N1C2=O.[CH2-]CCO[C-]=O.[W].[Y]. The molecule has 0 saturated heterocycles. The molecule has 1 radical (unpaired) electrons. The van der Waals surface area contributed by atoms with E-state index in [0.29, 0.717) is 55.4 Å². The molecule has 0 saturated carbocycles. The Kier molecular flexibility index (Phi) is 14.3. The third-order valence-corrected chi connectivity index (χ3v) is 9.84. The van der Waals surface area contributed by atoms with Gasteiger partial charge in [-0.3, -0.25) is 19.5 Å². The van der Waals surface area contributed by atoms with Crippen LogP contribution < -0.4 is 24.0 Å². The number of carbonyl (C=O) groups excluding carboxylic acids is 3. The van der Waals surface area contributed by atoms with E-state index >= 15 is 0 Å². The molecule has 4 aromatic rings. The van der Waals surface area contributed by atoms with E-state index in [1.165, 1.54) is 12.0 Å². The molecule has 4 aromatic carbocycles. The maximum Gasteiger partial charge on any atom is 0.261 e. The Bertz CT molecular complexity index is 2040. The van der Waals surface area contributed by atoms with Gasteiger partial charge in [-0.15, -0.1) is 11.6 Å². The summed E-state index contributed by atoms with van der Waals surface area (Å²) in [7, 11) is 1.57. The first-order chi connectivity index (χ1) is 25.4. The Morgan fingerprint density at radius 1 is 0.889 bits per heavy atom. The minimum absolute atomic E-state index is 0. The van der Waals surface area contributed by atoms with Gasteiger partial charge in [-0.05, 0) is 60.7 Å². The van der Waals surface area contributed by atoms with E-state index in [-0.39, 0.29) is 77.7 Å². The Labute approximate surface area is 355 Å². The number of methoxy groups -OCH3 is 1. The molecular weight excluding hydrogens is 931 g/mol. The zero-order chi connectivity index (χ0) is 36.2. The molecule has 2 atom stereocenters. The van der Waals surface area contributed by atoms with Crippen molar-refractivity contribution in [2.75, 3.05) is 36.7 Å². The molecule has 4 aliphatic heterocycles. The van der Waals surface area contributed by atoms with Crippen LogP contribution in [0, 0.1) is 19.9 Å². The number of aliphatic imine (C=N–C) groups is 1. The van der Waals surface area contributed by atoms with E-state index in [0.717, 1.165) is 65.1 Å². The van der Waals surface area contributed by atoms with Crippen molar-refractivity contribution in [3.8, 4) is 17.2 Å². The van der Waals surface area contributed by atoms with Gasteiger partial charge in [0.1, 0.15) is 5.75 Å². The normalized spacial score (nSPS) is 16.9. The van der Waals surface area contributed by atoms with Gasteiger partial charge in [0.25, 0.3) is 11.8 Å². The number of carbonyl (C=O) groups is 2. The summed E-state index contributed by atoms with van der Waals surface area (Å²) in [4.78, 5) is 45.0. The van der Waals surface area contributed by atoms with Crippen LogP contribution in [-0.2, 0) is 82.6 Å². The molecule has 10 nitrogen and oxygen atoms in total. The number of fused-ring (bicyclic) bond motifs is 8. The summed E-state index contributed by atoms with van der Waals surface area (Å²) in [6.07, 6.45) is 6.46. The van der Waals surface area contributed by atoms with E-state index in [1.807, 2.05) is 71.5 Å². The summed E-state index contributed by atoms with van der Waals surface area (Å²) in [5.41, 5.74) is 8.07. The smallest absolute Gasteiger partial charge is 0.261 e. The summed E-state index contributed by atoms with van der Waals surface area (Å²) in [6.45, 7) is 7.91. The first-order valence-corrected chi connectivity index (χ1v) is 17.6. The summed E-state index contributed by atoms with van der Waals surface area (Å²) in [5, 5.41) is 0. The summed E-state index contributed by atoms with van der Waals surface area (Å²) >= 11 is 0. The average molecular weight is 972 g/mol. The fraction of sp³-hybridized carbons (Fsp3) is 0.310. The van der Waals surface area contributed by atoms with Gasteiger partial charge in [-0.25, -0.2) is 0 Å². The number of benzene rings is 4. The fourth-order valence-electron chi connectivity index (χ4n) is 7.37. The van der Waals surface area contributed by atoms with Crippen molar-refractivity contribution in [3.05, 3.63) is 113 Å². The molecule has 0 bridgehead atoms. The van der Waals surface area contributed by atoms with E-state index in [9.17, 15) is 14.4 Å². The predicted octanol–water partition coefficient (Wildman–Crippen LogP) is 6.75. The second-order valence-electron chi connectivity index (χ2n) is 13.1. The molecule has 0 fully saturated rings. The summed E-state index contributed by atoms with van der Waals surface area (Å²) < 4.78 is 22.1. The molecule has 0 spiro atoms. The number of aryl methyl sites for hydroxylation is 2. The van der Waals surface area contributed by atoms with Gasteiger partial charge in [0.15, 0.2) is 11.5 Å². The molecule has 8 rings (SSSR count). The van der Waals surface area contributed by atoms with Crippen molar-refractivity contribution in [3.63, 3.8) is 0 Å². The van der Waals surface area contributed by atoms with Crippen LogP contribution >= 0.6 is 0 Å². The Morgan fingerprint density at radius 2 is 1.65 bits per heavy atom. The van der Waals surface area contributed by atoms with Crippen LogP contribution in [0.15, 0.2) is 71.7 Å². The number of ether oxygens (including phenoxy) is 4. The standard InChI is InChI=1S/C38H34N3O5.C4H6O2.W.Y/c1-23-16-29-24(12-13-27-17-25-8-3-5-10-32(25)40(27)37(29)42)19-34(23)45-14-7-15-46-36-21-31-30(20-35(36)44-2)38(43)41-28(22-39-31)18-26-9-4-6-11-33(26)41;1-2-3-6-4-5;;/h4-6,8-11,16,19-22,27-28H,7,12-15,17-18H2,1-2H3;1-3H2;;/q-1;-2;;/t27-,28+;;;/m1.../s1. The average Bonchev–Trinajstić information content (AvgIpc) is 3.66. The van der Waals surface area contributed by atoms with E-state index < -0.39 is 0 Å². The first kappa shape index (κ1) is 41.3. The Hall–Kier alpha value is -3.85. The fourth-order valence-corrected chi connectivity index (χ4v) is 7.37. The zero-order valence-corrected chi connectivity index (χ0v) is 36.1. The van der Waals surface area contributed by atoms with Gasteiger partial charge in [0.2, 0.25) is 0 Å². The molecule has 54 heavy (non-hydrogen) atoms. The Morgan fingerprint density at radius 3 is 2.41 bits per heavy atom. The molecule has 2 amide bonds. The van der Waals surface area contributed by atoms with Crippen LogP contribution in [0.5, 0.6) is 17.2 Å². The molecule has 4 aliphatic rings. The number of rotatable bonds is 10. The number of amides is 2. The predicted molar refractivity (Wildman–Crippen MR) is 198 cm³/mol. The van der Waals surface area contributed by atoms with Crippen LogP contribution in [0.1, 0.15) is 62.2 Å². The minimum Gasteiger partial charge on any atom is -0.654 e. The summed E-state index contributed by atoms with van der Waals surface area (Å²) in [5.74, 6) is 1.79. The largest absolute Gasteiger partial charge is 0.654 e. The van der Waals surface area contributed by atoms with Crippen molar-refractivity contribution < 1.29 is 87.1 Å². The van der Waals surface area contributed by atoms with Crippen LogP contribution in [0.3, 0.4) is 0 Å². The van der Waals surface area contributed by atoms with Crippen molar-refractivity contribution in [1.82, 2.24) is 0 Å².